The van der Waals surface area contributed by atoms with Crippen LogP contribution in [0.2, 0.25) is 0 Å². The normalized spacial score (nSPS) is 28.0. The smallest absolute Gasteiger partial charge is 0.246 e. The Kier molecular flexibility index (Phi) is 4.72. The molecule has 0 bridgehead atoms. The monoisotopic (exact) mass is 282 g/mol. The number of rotatable bonds is 4. The first kappa shape index (κ1) is 14.9. The fourth-order valence-corrected chi connectivity index (χ4v) is 2.86. The number of likely N-dealkylation sites (tertiary alicyclic amines) is 2. The number of carbonyl (C=O) groups excluding carboxylic acids is 3. The van der Waals surface area contributed by atoms with Crippen LogP contribution >= 0.6 is 0 Å². The van der Waals surface area contributed by atoms with Crippen molar-refractivity contribution in [1.29, 1.82) is 0 Å². The Hall–Kier alpha value is -1.47. The number of nitrogens with two attached hydrogens (primary N) is 1. The van der Waals surface area contributed by atoms with E-state index in [0.29, 0.717) is 19.6 Å². The summed E-state index contributed by atoms with van der Waals surface area (Å²) in [4.78, 5) is 38.7. The average molecular weight is 282 g/mol. The van der Waals surface area contributed by atoms with Crippen molar-refractivity contribution in [1.82, 2.24) is 15.1 Å². The summed E-state index contributed by atoms with van der Waals surface area (Å²) in [5.41, 5.74) is 5.37. The maximum absolute atomic E-state index is 12.0. The molecule has 2 fully saturated rings. The van der Waals surface area contributed by atoms with Crippen molar-refractivity contribution in [2.24, 2.45) is 11.7 Å². The van der Waals surface area contributed by atoms with Crippen molar-refractivity contribution in [2.75, 3.05) is 33.2 Å². The first-order chi connectivity index (χ1) is 9.54. The van der Waals surface area contributed by atoms with E-state index in [1.165, 1.54) is 11.9 Å². The summed E-state index contributed by atoms with van der Waals surface area (Å²) < 4.78 is 0. The van der Waals surface area contributed by atoms with Crippen LogP contribution in [0.1, 0.15) is 19.3 Å². The van der Waals surface area contributed by atoms with Crippen molar-refractivity contribution >= 4 is 17.7 Å². The molecule has 2 atom stereocenters. The van der Waals surface area contributed by atoms with Gasteiger partial charge < -0.3 is 11.1 Å². The Morgan fingerprint density at radius 1 is 1.45 bits per heavy atom. The largest absolute Gasteiger partial charge is 0.355 e. The molecular formula is C13H22N4O3. The van der Waals surface area contributed by atoms with Crippen molar-refractivity contribution in [3.8, 4) is 0 Å². The molecule has 112 valence electrons. The third kappa shape index (κ3) is 2.99. The van der Waals surface area contributed by atoms with Gasteiger partial charge in [0.1, 0.15) is 0 Å². The van der Waals surface area contributed by atoms with E-state index in [4.69, 9.17) is 5.73 Å². The summed E-state index contributed by atoms with van der Waals surface area (Å²) in [5.74, 6) is -0.429. The van der Waals surface area contributed by atoms with E-state index in [0.717, 1.165) is 19.4 Å². The Bertz CT molecular complexity index is 412. The number of likely N-dealkylation sites (N-methyl/N-ethyl adjacent to an activating group) is 1. The second-order valence-electron chi connectivity index (χ2n) is 5.42. The van der Waals surface area contributed by atoms with Gasteiger partial charge in [0.25, 0.3) is 0 Å². The van der Waals surface area contributed by atoms with E-state index in [1.807, 2.05) is 4.90 Å². The van der Waals surface area contributed by atoms with Crippen LogP contribution in [0.5, 0.6) is 0 Å². The summed E-state index contributed by atoms with van der Waals surface area (Å²) in [6.45, 7) is 2.19. The fourth-order valence-electron chi connectivity index (χ4n) is 2.86. The summed E-state index contributed by atoms with van der Waals surface area (Å²) in [7, 11) is 1.51. The second kappa shape index (κ2) is 6.32. The van der Waals surface area contributed by atoms with Gasteiger partial charge in [-0.2, -0.15) is 0 Å². The Balaban J connectivity index is 1.95. The highest BCUT2D eigenvalue weighted by atomic mass is 16.2. The van der Waals surface area contributed by atoms with Gasteiger partial charge in [0.15, 0.2) is 0 Å². The Morgan fingerprint density at radius 3 is 2.80 bits per heavy atom. The molecule has 2 aliphatic rings. The lowest BCUT2D eigenvalue weighted by Gasteiger charge is -2.34. The van der Waals surface area contributed by atoms with Crippen molar-refractivity contribution in [3.63, 3.8) is 0 Å². The molecule has 0 aromatic rings. The summed E-state index contributed by atoms with van der Waals surface area (Å²) in [5, 5.41) is 2.79. The van der Waals surface area contributed by atoms with Gasteiger partial charge in [0.2, 0.25) is 17.7 Å². The Morgan fingerprint density at radius 2 is 2.20 bits per heavy atom. The zero-order chi connectivity index (χ0) is 14.7. The lowest BCUT2D eigenvalue weighted by atomic mass is 9.95. The van der Waals surface area contributed by atoms with Gasteiger partial charge in [-0.3, -0.25) is 24.2 Å². The minimum atomic E-state index is -0.391. The van der Waals surface area contributed by atoms with Crippen LogP contribution in [0.25, 0.3) is 0 Å². The number of imide groups is 1. The van der Waals surface area contributed by atoms with E-state index < -0.39 is 6.04 Å². The molecule has 0 radical (unpaired) electrons. The number of nitrogens with zero attached hydrogens (tertiary/aromatic N) is 2. The van der Waals surface area contributed by atoms with E-state index in [1.54, 1.807) is 0 Å². The zero-order valence-corrected chi connectivity index (χ0v) is 11.8. The number of carbonyl (C=O) groups is 3. The highest BCUT2D eigenvalue weighted by Crippen LogP contribution is 2.24. The molecule has 7 nitrogen and oxygen atoms in total. The van der Waals surface area contributed by atoms with Gasteiger partial charge >= 0.3 is 0 Å². The predicted molar refractivity (Wildman–Crippen MR) is 72.5 cm³/mol. The van der Waals surface area contributed by atoms with Gasteiger partial charge in [-0.05, 0) is 19.4 Å². The third-order valence-electron chi connectivity index (χ3n) is 4.07. The molecule has 20 heavy (non-hydrogen) atoms. The molecule has 7 heteroatoms. The maximum Gasteiger partial charge on any atom is 0.246 e. The number of nitrogens with one attached hydrogen (secondary N) is 1. The van der Waals surface area contributed by atoms with Crippen LogP contribution in [0, 0.1) is 5.92 Å². The van der Waals surface area contributed by atoms with Crippen LogP contribution < -0.4 is 11.1 Å². The standard InChI is InChI=1S/C13H22N4O3/c1-16-11(18)7-10(13(16)20)17-6-2-3-9(8-17)12(19)15-5-4-14/h9-10H,2-8,14H2,1H3,(H,15,19). The van der Waals surface area contributed by atoms with Crippen LogP contribution in [-0.4, -0.2) is 66.8 Å². The fraction of sp³-hybridized carbons (Fsp3) is 0.769. The molecule has 2 heterocycles. The van der Waals surface area contributed by atoms with E-state index in [2.05, 4.69) is 5.32 Å². The minimum Gasteiger partial charge on any atom is -0.355 e. The SMILES string of the molecule is CN1C(=O)CC(N2CCCC(C(=O)NCCN)C2)C1=O. The molecule has 0 saturated carbocycles. The molecule has 0 aromatic carbocycles. The lowest BCUT2D eigenvalue weighted by molar-refractivity contribution is -0.139. The molecular weight excluding hydrogens is 260 g/mol. The number of amides is 3. The first-order valence-corrected chi connectivity index (χ1v) is 7.06. The van der Waals surface area contributed by atoms with Crippen molar-refractivity contribution < 1.29 is 14.4 Å². The number of piperidine rings is 1. The van der Waals surface area contributed by atoms with E-state index in [9.17, 15) is 14.4 Å². The number of hydrogen-bond donors (Lipinski definition) is 2. The van der Waals surface area contributed by atoms with Crippen LogP contribution in [0.4, 0.5) is 0 Å². The molecule has 0 aromatic heterocycles. The maximum atomic E-state index is 12.0. The second-order valence-corrected chi connectivity index (χ2v) is 5.42. The van der Waals surface area contributed by atoms with Crippen LogP contribution in [0.15, 0.2) is 0 Å². The first-order valence-electron chi connectivity index (χ1n) is 7.06. The number of hydrogen-bond acceptors (Lipinski definition) is 5. The van der Waals surface area contributed by atoms with Gasteiger partial charge in [0, 0.05) is 26.7 Å². The molecule has 3 N–H and O–H groups in total. The zero-order valence-electron chi connectivity index (χ0n) is 11.8. The van der Waals surface area contributed by atoms with Gasteiger partial charge in [-0.25, -0.2) is 0 Å². The average Bonchev–Trinajstić information content (AvgIpc) is 2.72. The predicted octanol–water partition coefficient (Wildman–Crippen LogP) is -1.47. The van der Waals surface area contributed by atoms with Gasteiger partial charge in [-0.15, -0.1) is 0 Å². The molecule has 0 aliphatic carbocycles. The summed E-state index contributed by atoms with van der Waals surface area (Å²) in [6.07, 6.45) is 1.91. The van der Waals surface area contributed by atoms with Gasteiger partial charge in [-0.1, -0.05) is 0 Å². The lowest BCUT2D eigenvalue weighted by Crippen LogP contribution is -2.49. The topological polar surface area (TPSA) is 95.7 Å². The van der Waals surface area contributed by atoms with Crippen molar-refractivity contribution in [2.45, 2.75) is 25.3 Å². The highest BCUT2D eigenvalue weighted by molar-refractivity contribution is 6.05. The summed E-state index contributed by atoms with van der Waals surface area (Å²) in [6, 6.07) is -0.391. The van der Waals surface area contributed by atoms with Crippen molar-refractivity contribution in [3.05, 3.63) is 0 Å². The molecule has 2 rings (SSSR count). The molecule has 0 spiro atoms. The van der Waals surface area contributed by atoms with Gasteiger partial charge in [0.05, 0.1) is 18.4 Å². The summed E-state index contributed by atoms with van der Waals surface area (Å²) >= 11 is 0. The molecule has 2 unspecified atom stereocenters. The van der Waals surface area contributed by atoms with E-state index in [-0.39, 0.29) is 30.1 Å². The van der Waals surface area contributed by atoms with Crippen LogP contribution in [-0.2, 0) is 14.4 Å². The Labute approximate surface area is 118 Å². The molecule has 2 saturated heterocycles. The van der Waals surface area contributed by atoms with Crippen LogP contribution in [0.3, 0.4) is 0 Å². The quantitative estimate of drug-likeness (QED) is 0.614. The third-order valence-corrected chi connectivity index (χ3v) is 4.07. The minimum absolute atomic E-state index is 0.00900. The van der Waals surface area contributed by atoms with E-state index >= 15 is 0 Å². The highest BCUT2D eigenvalue weighted by Gasteiger charge is 2.41. The molecule has 3 amide bonds. The molecule has 2 aliphatic heterocycles.